The molecule has 0 fully saturated rings. The Morgan fingerprint density at radius 3 is 2.63 bits per heavy atom. The van der Waals surface area contributed by atoms with Crippen LogP contribution in [0.25, 0.3) is 11.5 Å². The number of hydrogen-bond acceptors (Lipinski definition) is 8. The molecule has 9 nitrogen and oxygen atoms in total. The van der Waals surface area contributed by atoms with Gasteiger partial charge in [0.15, 0.2) is 6.10 Å². The first-order valence-electron chi connectivity index (χ1n) is 8.05. The Bertz CT molecular complexity index is 971. The third-order valence-electron chi connectivity index (χ3n) is 3.80. The van der Waals surface area contributed by atoms with E-state index in [9.17, 15) is 14.9 Å². The Labute approximate surface area is 154 Å². The van der Waals surface area contributed by atoms with Gasteiger partial charge in [0.2, 0.25) is 5.89 Å². The minimum Gasteiger partial charge on any atom is -0.449 e. The average molecular weight is 368 g/mol. The van der Waals surface area contributed by atoms with Crippen LogP contribution in [0.5, 0.6) is 0 Å². The summed E-state index contributed by atoms with van der Waals surface area (Å²) in [6, 6.07) is 13.1. The highest BCUT2D eigenvalue weighted by Gasteiger charge is 2.23. The second-order valence-corrected chi connectivity index (χ2v) is 5.60. The standard InChI is InChI=1S/C18H16N4O5/c1-11(16-20-21-17(27-16)12-6-4-3-5-7-12)26-18(23)14-10-13(22(24)25)8-9-15(14)19-2/h3-11,19H,1-2H3. The van der Waals surface area contributed by atoms with Crippen LogP contribution >= 0.6 is 0 Å². The monoisotopic (exact) mass is 368 g/mol. The van der Waals surface area contributed by atoms with E-state index in [1.54, 1.807) is 14.0 Å². The van der Waals surface area contributed by atoms with Gasteiger partial charge in [-0.05, 0) is 25.1 Å². The summed E-state index contributed by atoms with van der Waals surface area (Å²) in [5.41, 5.74) is 0.985. The molecule has 2 aromatic carbocycles. The minimum atomic E-state index is -0.827. The van der Waals surface area contributed by atoms with Gasteiger partial charge in [-0.15, -0.1) is 10.2 Å². The number of nitrogens with zero attached hydrogens (tertiary/aromatic N) is 3. The summed E-state index contributed by atoms with van der Waals surface area (Å²) in [4.78, 5) is 22.9. The molecule has 0 bridgehead atoms. The third kappa shape index (κ3) is 3.92. The molecule has 0 saturated heterocycles. The van der Waals surface area contributed by atoms with Crippen molar-refractivity contribution in [2.45, 2.75) is 13.0 Å². The van der Waals surface area contributed by atoms with Crippen molar-refractivity contribution in [3.63, 3.8) is 0 Å². The highest BCUT2D eigenvalue weighted by molar-refractivity contribution is 5.96. The van der Waals surface area contributed by atoms with Crippen LogP contribution in [0.15, 0.2) is 52.9 Å². The van der Waals surface area contributed by atoms with Crippen molar-refractivity contribution >= 4 is 17.3 Å². The predicted molar refractivity (Wildman–Crippen MR) is 96.2 cm³/mol. The number of esters is 1. The number of carbonyl (C=O) groups excluding carboxylic acids is 1. The molecule has 138 valence electrons. The highest BCUT2D eigenvalue weighted by Crippen LogP contribution is 2.26. The van der Waals surface area contributed by atoms with Crippen LogP contribution in [0.4, 0.5) is 11.4 Å². The number of aromatic nitrogens is 2. The first-order chi connectivity index (χ1) is 13.0. The lowest BCUT2D eigenvalue weighted by Gasteiger charge is -2.12. The smallest absolute Gasteiger partial charge is 0.341 e. The molecule has 3 aromatic rings. The van der Waals surface area contributed by atoms with Gasteiger partial charge in [-0.25, -0.2) is 4.79 Å². The topological polar surface area (TPSA) is 120 Å². The van der Waals surface area contributed by atoms with E-state index in [1.807, 2.05) is 30.3 Å². The minimum absolute atomic E-state index is 0.0429. The molecular weight excluding hydrogens is 352 g/mol. The molecular formula is C18H16N4O5. The van der Waals surface area contributed by atoms with E-state index in [0.717, 1.165) is 11.6 Å². The number of nitro groups is 1. The maximum atomic E-state index is 12.5. The molecule has 1 unspecified atom stereocenters. The molecule has 27 heavy (non-hydrogen) atoms. The predicted octanol–water partition coefficient (Wildman–Crippen LogP) is 3.60. The number of hydrogen-bond donors (Lipinski definition) is 1. The van der Waals surface area contributed by atoms with E-state index >= 15 is 0 Å². The molecule has 1 N–H and O–H groups in total. The summed E-state index contributed by atoms with van der Waals surface area (Å²) in [5, 5.41) is 21.6. The van der Waals surface area contributed by atoms with Crippen molar-refractivity contribution in [3.8, 4) is 11.5 Å². The van der Waals surface area contributed by atoms with Gasteiger partial charge < -0.3 is 14.5 Å². The molecule has 0 spiro atoms. The zero-order valence-electron chi connectivity index (χ0n) is 14.6. The molecule has 1 atom stereocenters. The number of ether oxygens (including phenoxy) is 1. The van der Waals surface area contributed by atoms with E-state index in [2.05, 4.69) is 15.5 Å². The number of nitrogens with one attached hydrogen (secondary N) is 1. The summed E-state index contributed by atoms with van der Waals surface area (Å²) < 4.78 is 10.9. The number of anilines is 1. The van der Waals surface area contributed by atoms with Gasteiger partial charge in [0.1, 0.15) is 0 Å². The zero-order chi connectivity index (χ0) is 19.4. The van der Waals surface area contributed by atoms with Crippen molar-refractivity contribution in [2.24, 2.45) is 0 Å². The fraction of sp³-hybridized carbons (Fsp3) is 0.167. The Balaban J connectivity index is 1.79. The first kappa shape index (κ1) is 18.1. The highest BCUT2D eigenvalue weighted by atomic mass is 16.6. The van der Waals surface area contributed by atoms with Gasteiger partial charge in [0.05, 0.1) is 10.5 Å². The second-order valence-electron chi connectivity index (χ2n) is 5.60. The second kappa shape index (κ2) is 7.65. The normalized spacial score (nSPS) is 11.6. The third-order valence-corrected chi connectivity index (χ3v) is 3.80. The van der Waals surface area contributed by atoms with Crippen LogP contribution in [-0.4, -0.2) is 28.1 Å². The molecule has 0 saturated carbocycles. The SMILES string of the molecule is CNc1ccc([N+](=O)[O-])cc1C(=O)OC(C)c1nnc(-c2ccccc2)o1. The van der Waals surface area contributed by atoms with Gasteiger partial charge in [0, 0.05) is 30.4 Å². The molecule has 0 radical (unpaired) electrons. The van der Waals surface area contributed by atoms with Gasteiger partial charge >= 0.3 is 5.97 Å². The average Bonchev–Trinajstić information content (AvgIpc) is 3.18. The summed E-state index contributed by atoms with van der Waals surface area (Å²) in [5.74, 6) is -0.312. The molecule has 0 aliphatic carbocycles. The Kier molecular flexibility index (Phi) is 5.11. The Morgan fingerprint density at radius 1 is 1.22 bits per heavy atom. The van der Waals surface area contributed by atoms with E-state index in [-0.39, 0.29) is 17.1 Å². The number of non-ortho nitro benzene ring substituents is 1. The summed E-state index contributed by atoms with van der Waals surface area (Å²) >= 11 is 0. The summed E-state index contributed by atoms with van der Waals surface area (Å²) in [6.45, 7) is 1.58. The van der Waals surface area contributed by atoms with Gasteiger partial charge in [0.25, 0.3) is 11.6 Å². The van der Waals surface area contributed by atoms with Crippen molar-refractivity contribution in [2.75, 3.05) is 12.4 Å². The van der Waals surface area contributed by atoms with Crippen molar-refractivity contribution in [3.05, 3.63) is 70.1 Å². The number of nitro benzene ring substituents is 1. The molecule has 3 rings (SSSR count). The zero-order valence-corrected chi connectivity index (χ0v) is 14.6. The Morgan fingerprint density at radius 2 is 1.96 bits per heavy atom. The lowest BCUT2D eigenvalue weighted by molar-refractivity contribution is -0.384. The van der Waals surface area contributed by atoms with Crippen molar-refractivity contribution in [1.82, 2.24) is 10.2 Å². The van der Waals surface area contributed by atoms with Gasteiger partial charge in [-0.3, -0.25) is 10.1 Å². The maximum absolute atomic E-state index is 12.5. The van der Waals surface area contributed by atoms with Crippen LogP contribution < -0.4 is 5.32 Å². The van der Waals surface area contributed by atoms with Crippen LogP contribution in [0.2, 0.25) is 0 Å². The van der Waals surface area contributed by atoms with E-state index < -0.39 is 17.0 Å². The maximum Gasteiger partial charge on any atom is 0.341 e. The number of benzene rings is 2. The molecule has 0 amide bonds. The lowest BCUT2D eigenvalue weighted by atomic mass is 10.1. The lowest BCUT2D eigenvalue weighted by Crippen LogP contribution is -2.12. The van der Waals surface area contributed by atoms with Crippen molar-refractivity contribution < 1.29 is 18.9 Å². The molecule has 0 aliphatic heterocycles. The van der Waals surface area contributed by atoms with Crippen LogP contribution in [0.1, 0.15) is 29.3 Å². The fourth-order valence-electron chi connectivity index (χ4n) is 2.40. The molecule has 1 aromatic heterocycles. The molecule has 1 heterocycles. The fourth-order valence-corrected chi connectivity index (χ4v) is 2.40. The van der Waals surface area contributed by atoms with E-state index in [0.29, 0.717) is 11.6 Å². The van der Waals surface area contributed by atoms with E-state index in [1.165, 1.54) is 12.1 Å². The van der Waals surface area contributed by atoms with E-state index in [4.69, 9.17) is 9.15 Å². The summed E-state index contributed by atoms with van der Waals surface area (Å²) in [7, 11) is 1.60. The Hall–Kier alpha value is -3.75. The van der Waals surface area contributed by atoms with Crippen LogP contribution in [-0.2, 0) is 4.74 Å². The first-order valence-corrected chi connectivity index (χ1v) is 8.05. The molecule has 9 heteroatoms. The molecule has 0 aliphatic rings. The van der Waals surface area contributed by atoms with Crippen LogP contribution in [0.3, 0.4) is 0 Å². The van der Waals surface area contributed by atoms with Crippen molar-refractivity contribution in [1.29, 1.82) is 0 Å². The van der Waals surface area contributed by atoms with Crippen LogP contribution in [0, 0.1) is 10.1 Å². The van der Waals surface area contributed by atoms with Gasteiger partial charge in [-0.1, -0.05) is 18.2 Å². The largest absolute Gasteiger partial charge is 0.449 e. The summed E-state index contributed by atoms with van der Waals surface area (Å²) in [6.07, 6.45) is -0.827. The number of rotatable bonds is 6. The van der Waals surface area contributed by atoms with Gasteiger partial charge in [-0.2, -0.15) is 0 Å². The number of carbonyl (C=O) groups is 1. The quantitative estimate of drug-likeness (QED) is 0.398.